The van der Waals surface area contributed by atoms with Crippen molar-refractivity contribution < 1.29 is 4.79 Å². The molecule has 0 aliphatic heterocycles. The zero-order valence-electron chi connectivity index (χ0n) is 12.3. The van der Waals surface area contributed by atoms with Crippen LogP contribution >= 0.6 is 22.9 Å². The van der Waals surface area contributed by atoms with E-state index in [1.807, 2.05) is 37.3 Å². The van der Waals surface area contributed by atoms with Crippen molar-refractivity contribution in [3.8, 4) is 0 Å². The third kappa shape index (κ3) is 5.54. The number of nitrogens with zero attached hydrogens (tertiary/aromatic N) is 1. The third-order valence-electron chi connectivity index (χ3n) is 2.98. The van der Waals surface area contributed by atoms with E-state index >= 15 is 0 Å². The Morgan fingerprint density at radius 3 is 2.86 bits per heavy atom. The average molecular weight is 339 g/mol. The number of rotatable bonds is 7. The third-order valence-corrected chi connectivity index (χ3v) is 4.39. The van der Waals surface area contributed by atoms with Crippen molar-refractivity contribution in [2.45, 2.75) is 19.4 Å². The molecule has 0 unspecified atom stereocenters. The van der Waals surface area contributed by atoms with Gasteiger partial charge in [-0.15, -0.1) is 11.3 Å². The predicted octanol–water partition coefficient (Wildman–Crippen LogP) is 3.66. The summed E-state index contributed by atoms with van der Waals surface area (Å²) in [4.78, 5) is 17.0. The highest BCUT2D eigenvalue weighted by molar-refractivity contribution is 7.16. The van der Waals surface area contributed by atoms with Crippen LogP contribution in [0.4, 0.5) is 10.6 Å². The van der Waals surface area contributed by atoms with Crippen LogP contribution in [-0.2, 0) is 0 Å². The number of pyridine rings is 1. The average Bonchev–Trinajstić information content (AvgIpc) is 2.94. The molecule has 0 saturated heterocycles. The molecular weight excluding hydrogens is 320 g/mol. The van der Waals surface area contributed by atoms with Crippen LogP contribution in [0.2, 0.25) is 4.34 Å². The van der Waals surface area contributed by atoms with Gasteiger partial charge in [-0.1, -0.05) is 17.7 Å². The number of halogens is 1. The quantitative estimate of drug-likeness (QED) is 0.675. The summed E-state index contributed by atoms with van der Waals surface area (Å²) in [5.41, 5.74) is 0. The summed E-state index contributed by atoms with van der Waals surface area (Å²) in [6.45, 7) is 3.29. The van der Waals surface area contributed by atoms with Crippen LogP contribution in [0.25, 0.3) is 0 Å². The molecule has 3 N–H and O–H groups in total. The van der Waals surface area contributed by atoms with Gasteiger partial charge in [0.15, 0.2) is 0 Å². The largest absolute Gasteiger partial charge is 0.370 e. The first-order valence-electron chi connectivity index (χ1n) is 7.09. The van der Waals surface area contributed by atoms with Gasteiger partial charge in [0, 0.05) is 24.2 Å². The molecule has 0 saturated carbocycles. The first kappa shape index (κ1) is 16.6. The van der Waals surface area contributed by atoms with Crippen LogP contribution in [-0.4, -0.2) is 24.1 Å². The molecule has 22 heavy (non-hydrogen) atoms. The molecule has 2 rings (SSSR count). The molecule has 2 amide bonds. The number of hydrogen-bond acceptors (Lipinski definition) is 4. The zero-order valence-corrected chi connectivity index (χ0v) is 13.9. The summed E-state index contributed by atoms with van der Waals surface area (Å²) in [5, 5.41) is 8.92. The molecule has 0 spiro atoms. The molecule has 0 radical (unpaired) electrons. The Bertz CT molecular complexity index is 590. The van der Waals surface area contributed by atoms with Gasteiger partial charge in [-0.2, -0.15) is 0 Å². The van der Waals surface area contributed by atoms with Gasteiger partial charge in [-0.05, 0) is 37.6 Å². The van der Waals surface area contributed by atoms with Crippen molar-refractivity contribution in [1.29, 1.82) is 0 Å². The first-order chi connectivity index (χ1) is 10.6. The number of aromatic nitrogens is 1. The van der Waals surface area contributed by atoms with E-state index in [9.17, 15) is 4.79 Å². The van der Waals surface area contributed by atoms with Gasteiger partial charge in [-0.3, -0.25) is 0 Å². The van der Waals surface area contributed by atoms with Crippen LogP contribution in [0.3, 0.4) is 0 Å². The molecule has 2 aromatic rings. The minimum atomic E-state index is -0.171. The summed E-state index contributed by atoms with van der Waals surface area (Å²) in [7, 11) is 0. The number of amides is 2. The van der Waals surface area contributed by atoms with Gasteiger partial charge in [0.2, 0.25) is 0 Å². The van der Waals surface area contributed by atoms with Crippen molar-refractivity contribution in [2.75, 3.05) is 18.4 Å². The number of hydrogen-bond donors (Lipinski definition) is 3. The van der Waals surface area contributed by atoms with Crippen LogP contribution in [0, 0.1) is 0 Å². The van der Waals surface area contributed by atoms with E-state index in [0.717, 1.165) is 28.0 Å². The molecule has 2 aromatic heterocycles. The summed E-state index contributed by atoms with van der Waals surface area (Å²) in [6.07, 6.45) is 2.56. The summed E-state index contributed by atoms with van der Waals surface area (Å²) in [6, 6.07) is 9.25. The Morgan fingerprint density at radius 1 is 1.32 bits per heavy atom. The second-order valence-electron chi connectivity index (χ2n) is 4.76. The SMILES string of the molecule is C[C@@H](NC(=O)NCCCNc1ccccn1)c1ccc(Cl)s1. The maximum atomic E-state index is 11.8. The van der Waals surface area contributed by atoms with Gasteiger partial charge in [0.25, 0.3) is 0 Å². The lowest BCUT2D eigenvalue weighted by molar-refractivity contribution is 0.238. The van der Waals surface area contributed by atoms with Crippen LogP contribution in [0.5, 0.6) is 0 Å². The minimum Gasteiger partial charge on any atom is -0.370 e. The lowest BCUT2D eigenvalue weighted by Gasteiger charge is -2.13. The number of nitrogens with one attached hydrogen (secondary N) is 3. The van der Waals surface area contributed by atoms with Gasteiger partial charge in [-0.25, -0.2) is 9.78 Å². The fraction of sp³-hybridized carbons (Fsp3) is 0.333. The molecule has 0 aliphatic rings. The van der Waals surface area contributed by atoms with E-state index in [2.05, 4.69) is 20.9 Å². The Labute approximate surface area is 139 Å². The first-order valence-corrected chi connectivity index (χ1v) is 8.29. The van der Waals surface area contributed by atoms with E-state index in [1.54, 1.807) is 6.20 Å². The number of urea groups is 1. The van der Waals surface area contributed by atoms with E-state index in [0.29, 0.717) is 6.54 Å². The fourth-order valence-corrected chi connectivity index (χ4v) is 2.92. The van der Waals surface area contributed by atoms with Gasteiger partial charge in [0.1, 0.15) is 5.82 Å². The highest BCUT2D eigenvalue weighted by Crippen LogP contribution is 2.26. The second-order valence-corrected chi connectivity index (χ2v) is 6.51. The van der Waals surface area contributed by atoms with Crippen LogP contribution in [0.1, 0.15) is 24.3 Å². The molecule has 0 fully saturated rings. The van der Waals surface area contributed by atoms with Crippen molar-refractivity contribution in [2.24, 2.45) is 0 Å². The standard InChI is InChI=1S/C15H19ClN4OS/c1-11(12-6-7-13(16)22-12)20-15(21)19-10-4-9-18-14-5-2-3-8-17-14/h2-3,5-8,11H,4,9-10H2,1H3,(H,17,18)(H2,19,20,21)/t11-/m1/s1. The lowest BCUT2D eigenvalue weighted by atomic mass is 10.3. The maximum Gasteiger partial charge on any atom is 0.315 e. The lowest BCUT2D eigenvalue weighted by Crippen LogP contribution is -2.37. The molecular formula is C15H19ClN4OS. The van der Waals surface area contributed by atoms with E-state index < -0.39 is 0 Å². The van der Waals surface area contributed by atoms with E-state index in [-0.39, 0.29) is 12.1 Å². The highest BCUT2D eigenvalue weighted by atomic mass is 35.5. The van der Waals surface area contributed by atoms with Crippen molar-refractivity contribution >= 4 is 34.8 Å². The molecule has 0 aliphatic carbocycles. The van der Waals surface area contributed by atoms with Crippen molar-refractivity contribution in [3.05, 3.63) is 45.7 Å². The van der Waals surface area contributed by atoms with Gasteiger partial charge < -0.3 is 16.0 Å². The summed E-state index contributed by atoms with van der Waals surface area (Å²) in [5.74, 6) is 0.843. The van der Waals surface area contributed by atoms with Gasteiger partial charge >= 0.3 is 6.03 Å². The summed E-state index contributed by atoms with van der Waals surface area (Å²) < 4.78 is 0.727. The number of anilines is 1. The van der Waals surface area contributed by atoms with Gasteiger partial charge in [0.05, 0.1) is 10.4 Å². The fourth-order valence-electron chi connectivity index (χ4n) is 1.85. The Balaban J connectivity index is 1.59. The molecule has 0 bridgehead atoms. The Hall–Kier alpha value is -1.79. The molecule has 118 valence electrons. The smallest absolute Gasteiger partial charge is 0.315 e. The van der Waals surface area contributed by atoms with Crippen molar-refractivity contribution in [1.82, 2.24) is 15.6 Å². The number of carbonyl (C=O) groups excluding carboxylic acids is 1. The van der Waals surface area contributed by atoms with Crippen LogP contribution < -0.4 is 16.0 Å². The maximum absolute atomic E-state index is 11.8. The number of carbonyl (C=O) groups is 1. The second kappa shape index (κ2) is 8.60. The minimum absolute atomic E-state index is 0.0517. The van der Waals surface area contributed by atoms with Crippen molar-refractivity contribution in [3.63, 3.8) is 0 Å². The summed E-state index contributed by atoms with van der Waals surface area (Å²) >= 11 is 7.36. The predicted molar refractivity (Wildman–Crippen MR) is 91.6 cm³/mol. The normalized spacial score (nSPS) is 11.7. The topological polar surface area (TPSA) is 66.1 Å². The zero-order chi connectivity index (χ0) is 15.8. The number of thiophene rings is 1. The molecule has 7 heteroatoms. The van der Waals surface area contributed by atoms with E-state index in [1.165, 1.54) is 11.3 Å². The molecule has 2 heterocycles. The van der Waals surface area contributed by atoms with Crippen LogP contribution in [0.15, 0.2) is 36.5 Å². The molecule has 1 atom stereocenters. The Kier molecular flexibility index (Phi) is 6.48. The van der Waals surface area contributed by atoms with E-state index in [4.69, 9.17) is 11.6 Å². The molecule has 0 aromatic carbocycles. The Morgan fingerprint density at radius 2 is 2.18 bits per heavy atom. The highest BCUT2D eigenvalue weighted by Gasteiger charge is 2.10. The monoisotopic (exact) mass is 338 g/mol. The molecule has 5 nitrogen and oxygen atoms in total.